The molecule has 0 atom stereocenters. The third-order valence-electron chi connectivity index (χ3n) is 3.47. The van der Waals surface area contributed by atoms with E-state index in [0.29, 0.717) is 16.7 Å². The summed E-state index contributed by atoms with van der Waals surface area (Å²) in [5.41, 5.74) is 4.07. The van der Waals surface area contributed by atoms with E-state index >= 15 is 0 Å². The van der Waals surface area contributed by atoms with E-state index in [0.717, 1.165) is 5.01 Å². The van der Waals surface area contributed by atoms with E-state index < -0.39 is 16.7 Å². The Morgan fingerprint density at radius 2 is 1.52 bits per heavy atom. The van der Waals surface area contributed by atoms with Gasteiger partial charge in [-0.1, -0.05) is 18.7 Å². The Hall–Kier alpha value is -3.48. The summed E-state index contributed by atoms with van der Waals surface area (Å²) in [4.78, 5) is 34.6. The van der Waals surface area contributed by atoms with Crippen molar-refractivity contribution in [2.45, 2.75) is 0 Å². The molecule has 3 rings (SSSR count). The van der Waals surface area contributed by atoms with Gasteiger partial charge in [-0.2, -0.15) is 5.01 Å². The lowest BCUT2D eigenvalue weighted by atomic mass is 10.1. The number of hydrazine groups is 1. The van der Waals surface area contributed by atoms with Gasteiger partial charge in [-0.25, -0.2) is 0 Å². The molecule has 0 spiro atoms. The van der Waals surface area contributed by atoms with E-state index in [2.05, 4.69) is 12.0 Å². The molecule has 1 aliphatic heterocycles. The van der Waals surface area contributed by atoms with Crippen molar-refractivity contribution in [3.8, 4) is 0 Å². The van der Waals surface area contributed by atoms with Gasteiger partial charge in [-0.05, 0) is 29.8 Å². The van der Waals surface area contributed by atoms with Crippen molar-refractivity contribution in [2.75, 3.05) is 0 Å². The van der Waals surface area contributed by atoms with Gasteiger partial charge in [0.2, 0.25) is 0 Å². The average molecular weight is 309 g/mol. The minimum atomic E-state index is -0.510. The molecule has 23 heavy (non-hydrogen) atoms. The minimum absolute atomic E-state index is 0.0534. The Morgan fingerprint density at radius 3 is 2.00 bits per heavy atom. The first-order valence-corrected chi connectivity index (χ1v) is 6.67. The number of rotatable bonds is 4. The molecule has 0 saturated carbocycles. The van der Waals surface area contributed by atoms with Crippen LogP contribution >= 0.6 is 0 Å². The molecule has 1 heterocycles. The molecular formula is C16H11N3O4. The van der Waals surface area contributed by atoms with Gasteiger partial charge in [0.1, 0.15) is 0 Å². The highest BCUT2D eigenvalue weighted by Gasteiger charge is 2.35. The summed E-state index contributed by atoms with van der Waals surface area (Å²) < 4.78 is 0. The highest BCUT2D eigenvalue weighted by molar-refractivity contribution is 6.21. The fourth-order valence-corrected chi connectivity index (χ4v) is 2.27. The van der Waals surface area contributed by atoms with Crippen LogP contribution < -0.4 is 5.43 Å². The van der Waals surface area contributed by atoms with Crippen LogP contribution in [-0.2, 0) is 0 Å². The maximum atomic E-state index is 12.2. The predicted octanol–water partition coefficient (Wildman–Crippen LogP) is 2.37. The Bertz CT molecular complexity index is 808. The van der Waals surface area contributed by atoms with Crippen molar-refractivity contribution in [2.24, 2.45) is 0 Å². The molecule has 0 fully saturated rings. The molecule has 0 aromatic heterocycles. The van der Waals surface area contributed by atoms with Crippen molar-refractivity contribution in [1.29, 1.82) is 0 Å². The van der Waals surface area contributed by atoms with Crippen LogP contribution in [-0.4, -0.2) is 21.7 Å². The van der Waals surface area contributed by atoms with Crippen LogP contribution in [0.3, 0.4) is 0 Å². The summed E-state index contributed by atoms with van der Waals surface area (Å²) in [6, 6.07) is 12.1. The first kappa shape index (κ1) is 14.5. The van der Waals surface area contributed by atoms with Crippen LogP contribution in [0.15, 0.2) is 55.1 Å². The number of amides is 2. The van der Waals surface area contributed by atoms with Crippen LogP contribution in [0.2, 0.25) is 0 Å². The topological polar surface area (TPSA) is 92.6 Å². The normalized spacial score (nSPS) is 13.0. The van der Waals surface area contributed by atoms with Crippen LogP contribution in [0.25, 0.3) is 5.70 Å². The minimum Gasteiger partial charge on any atom is -0.288 e. The standard InChI is InChI=1S/C16H11N3O4/c1-10(11-6-8-12(9-7-11)19(22)23)17-18-15(20)13-4-2-3-5-14(13)16(18)21/h2-9,17H,1H2. The van der Waals surface area contributed by atoms with E-state index in [-0.39, 0.29) is 11.4 Å². The number of non-ortho nitro benzene ring substituents is 1. The van der Waals surface area contributed by atoms with Crippen LogP contribution in [0.1, 0.15) is 26.3 Å². The van der Waals surface area contributed by atoms with Crippen LogP contribution in [0.4, 0.5) is 5.69 Å². The van der Waals surface area contributed by atoms with Gasteiger partial charge in [0, 0.05) is 12.1 Å². The zero-order valence-corrected chi connectivity index (χ0v) is 11.9. The monoisotopic (exact) mass is 309 g/mol. The van der Waals surface area contributed by atoms with Crippen molar-refractivity contribution in [3.05, 3.63) is 81.9 Å². The Balaban J connectivity index is 1.80. The third-order valence-corrected chi connectivity index (χ3v) is 3.47. The number of nitrogens with one attached hydrogen (secondary N) is 1. The molecule has 7 nitrogen and oxygen atoms in total. The summed E-state index contributed by atoms with van der Waals surface area (Å²) >= 11 is 0. The van der Waals surface area contributed by atoms with Crippen LogP contribution in [0.5, 0.6) is 0 Å². The largest absolute Gasteiger partial charge is 0.288 e. The highest BCUT2D eigenvalue weighted by atomic mass is 16.6. The quantitative estimate of drug-likeness (QED) is 0.531. The van der Waals surface area contributed by atoms with Crippen molar-refractivity contribution in [1.82, 2.24) is 10.4 Å². The maximum Gasteiger partial charge on any atom is 0.280 e. The molecule has 1 aliphatic rings. The molecule has 114 valence electrons. The number of carbonyl (C=O) groups excluding carboxylic acids is 2. The summed E-state index contributed by atoms with van der Waals surface area (Å²) in [6.07, 6.45) is 0. The number of benzene rings is 2. The van der Waals surface area contributed by atoms with Gasteiger partial charge < -0.3 is 0 Å². The SMILES string of the molecule is C=C(NN1C(=O)c2ccccc2C1=O)c1ccc([N+](=O)[O-])cc1. The van der Waals surface area contributed by atoms with E-state index in [1.54, 1.807) is 24.3 Å². The molecule has 1 N–H and O–H groups in total. The lowest BCUT2D eigenvalue weighted by Gasteiger charge is -2.18. The Kier molecular flexibility index (Phi) is 3.38. The molecular weight excluding hydrogens is 298 g/mol. The second kappa shape index (κ2) is 5.38. The molecule has 2 aromatic carbocycles. The van der Waals surface area contributed by atoms with E-state index in [1.807, 2.05) is 0 Å². The maximum absolute atomic E-state index is 12.2. The second-order valence-corrected chi connectivity index (χ2v) is 4.89. The number of nitrogens with zero attached hydrogens (tertiary/aromatic N) is 2. The number of nitro benzene ring substituents is 1. The predicted molar refractivity (Wildman–Crippen MR) is 82.2 cm³/mol. The van der Waals surface area contributed by atoms with Gasteiger partial charge in [0.05, 0.1) is 21.7 Å². The number of hydrogen-bond donors (Lipinski definition) is 1. The summed E-state index contributed by atoms with van der Waals surface area (Å²) in [5, 5.41) is 11.5. The smallest absolute Gasteiger partial charge is 0.280 e. The van der Waals surface area contributed by atoms with Gasteiger partial charge in [-0.15, -0.1) is 0 Å². The molecule has 2 amide bonds. The number of nitro groups is 1. The molecule has 7 heteroatoms. The highest BCUT2D eigenvalue weighted by Crippen LogP contribution is 2.23. The molecule has 2 aromatic rings. The fraction of sp³-hybridized carbons (Fsp3) is 0. The summed E-state index contributed by atoms with van der Waals surface area (Å²) in [6.45, 7) is 3.77. The molecule has 0 bridgehead atoms. The zero-order valence-electron chi connectivity index (χ0n) is 11.9. The van der Waals surface area contributed by atoms with E-state index in [9.17, 15) is 19.7 Å². The zero-order chi connectivity index (χ0) is 16.6. The summed E-state index contributed by atoms with van der Waals surface area (Å²) in [5.74, 6) is -0.928. The fourth-order valence-electron chi connectivity index (χ4n) is 2.27. The molecule has 0 unspecified atom stereocenters. The Morgan fingerprint density at radius 1 is 1.00 bits per heavy atom. The number of imide groups is 1. The van der Waals surface area contributed by atoms with Crippen LogP contribution in [0, 0.1) is 10.1 Å². The average Bonchev–Trinajstić information content (AvgIpc) is 2.80. The van der Waals surface area contributed by atoms with Gasteiger partial charge in [0.15, 0.2) is 0 Å². The lowest BCUT2D eigenvalue weighted by Crippen LogP contribution is -2.41. The van der Waals surface area contributed by atoms with Gasteiger partial charge in [-0.3, -0.25) is 25.1 Å². The van der Waals surface area contributed by atoms with Crippen molar-refractivity contribution < 1.29 is 14.5 Å². The van der Waals surface area contributed by atoms with Crippen molar-refractivity contribution in [3.63, 3.8) is 0 Å². The number of hydrogen-bond acceptors (Lipinski definition) is 5. The second-order valence-electron chi connectivity index (χ2n) is 4.89. The number of fused-ring (bicyclic) bond motifs is 1. The molecule has 0 radical (unpaired) electrons. The first-order valence-electron chi connectivity index (χ1n) is 6.67. The molecule has 0 aliphatic carbocycles. The summed E-state index contributed by atoms with van der Waals surface area (Å²) in [7, 11) is 0. The van der Waals surface area contributed by atoms with Crippen molar-refractivity contribution >= 4 is 23.2 Å². The Labute approximate surface area is 131 Å². The first-order chi connectivity index (χ1) is 11.0. The van der Waals surface area contributed by atoms with Gasteiger partial charge in [0.25, 0.3) is 17.5 Å². The number of carbonyl (C=O) groups is 2. The third kappa shape index (κ3) is 2.44. The van der Waals surface area contributed by atoms with E-state index in [1.165, 1.54) is 24.3 Å². The van der Waals surface area contributed by atoms with E-state index in [4.69, 9.17) is 0 Å². The van der Waals surface area contributed by atoms with Gasteiger partial charge >= 0.3 is 0 Å². The lowest BCUT2D eigenvalue weighted by molar-refractivity contribution is -0.384. The molecule has 0 saturated heterocycles.